The van der Waals surface area contributed by atoms with Gasteiger partial charge in [0.15, 0.2) is 17.1 Å². The molecule has 0 bridgehead atoms. The minimum Gasteiger partial charge on any atom is -0.383 e. The van der Waals surface area contributed by atoms with Crippen LogP contribution in [0.2, 0.25) is 0 Å². The zero-order valence-electron chi connectivity index (χ0n) is 39.2. The summed E-state index contributed by atoms with van der Waals surface area (Å²) in [4.78, 5) is 31.7. The van der Waals surface area contributed by atoms with Gasteiger partial charge in [0, 0.05) is 62.0 Å². The number of carbonyl (C=O) groups excluding carboxylic acids is 1. The van der Waals surface area contributed by atoms with E-state index in [1.807, 2.05) is 0 Å². The van der Waals surface area contributed by atoms with Gasteiger partial charge in [-0.05, 0) is 66.7 Å². The maximum Gasteiger partial charge on any atom is 0.416 e. The van der Waals surface area contributed by atoms with Crippen molar-refractivity contribution in [3.05, 3.63) is 135 Å². The number of alkyl halides is 3. The number of aromatic nitrogens is 1. The Hall–Kier alpha value is -4.52. The van der Waals surface area contributed by atoms with Crippen molar-refractivity contribution in [1.82, 2.24) is 14.4 Å². The summed E-state index contributed by atoms with van der Waals surface area (Å²) in [6.07, 6.45) is -4.38. The lowest BCUT2D eigenvalue weighted by Gasteiger charge is -2.39. The predicted molar refractivity (Wildman–Crippen MR) is 198 cm³/mol. The molecule has 0 N–H and O–H groups in total. The fraction of sp³-hybridized carbons (Fsp3) is 0.317. The topological polar surface area (TPSA) is 54.8 Å². The molecule has 1 aromatic heterocycles. The van der Waals surface area contributed by atoms with Gasteiger partial charge >= 0.3 is 6.18 Å². The Morgan fingerprint density at radius 1 is 1.02 bits per heavy atom. The highest BCUT2D eigenvalue weighted by molar-refractivity contribution is 7.98. The molecule has 278 valence electrons. The first kappa shape index (κ1) is 26.3. The predicted octanol–water partition coefficient (Wildman–Crippen LogP) is 8.71. The van der Waals surface area contributed by atoms with Crippen molar-refractivity contribution in [2.24, 2.45) is 0 Å². The van der Waals surface area contributed by atoms with E-state index in [1.54, 1.807) is 29.2 Å². The molecule has 5 aromatic rings. The number of hydrogen-bond acceptors (Lipinski definition) is 5. The maximum absolute atomic E-state index is 15.1. The number of fused-ring (bicyclic) bond motifs is 1. The van der Waals surface area contributed by atoms with Crippen LogP contribution in [0.3, 0.4) is 0 Å². The van der Waals surface area contributed by atoms with Crippen LogP contribution in [0, 0.1) is 18.6 Å². The maximum atomic E-state index is 15.1. The largest absolute Gasteiger partial charge is 0.416 e. The number of ether oxygens (including phenoxy) is 1. The third-order valence-electron chi connectivity index (χ3n) is 8.87. The van der Waals surface area contributed by atoms with Crippen LogP contribution in [-0.2, 0) is 34.5 Å². The lowest BCUT2D eigenvalue weighted by Crippen LogP contribution is -2.48. The van der Waals surface area contributed by atoms with E-state index in [0.29, 0.717) is 33.0 Å². The number of halogens is 5. The van der Waals surface area contributed by atoms with E-state index in [9.17, 15) is 29.5 Å². The van der Waals surface area contributed by atoms with E-state index >= 15 is 4.79 Å². The summed E-state index contributed by atoms with van der Waals surface area (Å²) in [5.41, 5.74) is -1.61. The molecular formula is C41H40F5N3O3S. The Labute approximate surface area is 324 Å². The van der Waals surface area contributed by atoms with E-state index in [0.717, 1.165) is 18.2 Å². The zero-order valence-corrected chi connectivity index (χ0v) is 29.1. The van der Waals surface area contributed by atoms with E-state index in [-0.39, 0.29) is 43.6 Å². The minimum absolute atomic E-state index is 0.0762. The third kappa shape index (κ3) is 9.17. The number of piperidine rings is 1. The molecule has 6 nitrogen and oxygen atoms in total. The van der Waals surface area contributed by atoms with E-state index in [1.165, 1.54) is 36.1 Å². The molecule has 0 radical (unpaired) electrons. The zero-order chi connectivity index (χ0) is 47.3. The van der Waals surface area contributed by atoms with Gasteiger partial charge in [-0.2, -0.15) is 13.2 Å². The van der Waals surface area contributed by atoms with E-state index in [2.05, 4.69) is 4.74 Å². The molecule has 1 saturated heterocycles. The minimum atomic E-state index is -4.55. The fourth-order valence-corrected chi connectivity index (χ4v) is 6.99. The van der Waals surface area contributed by atoms with Crippen molar-refractivity contribution in [1.29, 1.82) is 0 Å². The highest BCUT2D eigenvalue weighted by Crippen LogP contribution is 2.32. The summed E-state index contributed by atoms with van der Waals surface area (Å²) in [7, 11) is -3.04. The Bertz CT molecular complexity index is 2620. The number of methoxy groups -OCH3 is 1. The number of amides is 1. The molecule has 0 atom stereocenters. The quantitative estimate of drug-likeness (QED) is 0.0942. The standard InChI is InChI=1S/C41H40F5N3O3S/c1-27-6-15-36-34(22-27)37(50)23-39(53-26-31-4-3-5-35(42)40(31)43)49(36)25-38(51)48(33-16-18-47(19-17-33)20-21-52-2)24-28-7-9-29(10-8-28)30-11-13-32(14-12-30)41(44,45)46/h3-15,22-23,33H,16-21,24-26H2,1-2H3/i2D3,6D,15D,21D2,22D,23D,25D2. The summed E-state index contributed by atoms with van der Waals surface area (Å²) in [5, 5.41) is -1.20. The van der Waals surface area contributed by atoms with Crippen LogP contribution in [0.1, 0.15) is 50.2 Å². The van der Waals surface area contributed by atoms with Gasteiger partial charge in [0.1, 0.15) is 6.50 Å². The molecule has 53 heavy (non-hydrogen) atoms. The molecule has 0 spiro atoms. The van der Waals surface area contributed by atoms with Crippen molar-refractivity contribution in [2.45, 2.75) is 55.8 Å². The molecule has 2 heterocycles. The summed E-state index contributed by atoms with van der Waals surface area (Å²) >= 11 is 0.506. The number of nitrogens with zero attached hydrogens (tertiary/aromatic N) is 3. The van der Waals surface area contributed by atoms with Crippen molar-refractivity contribution < 1.29 is 46.6 Å². The molecule has 0 unspecified atom stereocenters. The Morgan fingerprint density at radius 3 is 2.40 bits per heavy atom. The van der Waals surface area contributed by atoms with Gasteiger partial charge in [-0.25, -0.2) is 8.78 Å². The second-order valence-corrected chi connectivity index (χ2v) is 13.4. The Kier molecular flexibility index (Phi) is 8.26. The molecule has 6 rings (SSSR count). The number of pyridine rings is 1. The van der Waals surface area contributed by atoms with Gasteiger partial charge in [0.2, 0.25) is 5.91 Å². The first-order valence-electron chi connectivity index (χ1n) is 21.9. The number of thioether (sulfide) groups is 1. The number of carbonyl (C=O) groups is 1. The normalized spacial score (nSPS) is 18.0. The SMILES string of the molecule is [2H]c1c(C)c([2H])c2c(=O)c([2H])c(SCc3cccc(F)c3F)n(C([2H])([2H])C(=O)N(Cc3ccc(-c4ccc(C(F)(F)F)cc4)cc3)C3CCN(CC([2H])([2H])OC([2H])([2H])[2H])CC3)c2c1[2H]. The van der Waals surface area contributed by atoms with Crippen LogP contribution in [0.15, 0.2) is 101 Å². The van der Waals surface area contributed by atoms with Crippen LogP contribution in [0.25, 0.3) is 22.0 Å². The second kappa shape index (κ2) is 16.7. The molecule has 1 aliphatic heterocycles. The van der Waals surface area contributed by atoms with Crippen molar-refractivity contribution in [3.63, 3.8) is 0 Å². The fourth-order valence-electron chi connectivity index (χ4n) is 6.05. The number of likely N-dealkylation sites (tertiary alicyclic amines) is 1. The summed E-state index contributed by atoms with van der Waals surface area (Å²) in [6, 6.07) is 10.5. The van der Waals surface area contributed by atoms with Gasteiger partial charge < -0.3 is 19.1 Å². The van der Waals surface area contributed by atoms with E-state index < -0.39 is 113 Å². The number of hydrogen-bond donors (Lipinski definition) is 0. The average molecular weight is 761 g/mol. The van der Waals surface area contributed by atoms with Crippen LogP contribution < -0.4 is 5.43 Å². The van der Waals surface area contributed by atoms with Crippen LogP contribution in [0.4, 0.5) is 22.0 Å². The summed E-state index contributed by atoms with van der Waals surface area (Å²) in [6.45, 7) is -5.25. The van der Waals surface area contributed by atoms with Gasteiger partial charge in [-0.3, -0.25) is 9.59 Å². The molecule has 1 aliphatic rings. The van der Waals surface area contributed by atoms with E-state index in [4.69, 9.17) is 12.3 Å². The average Bonchev–Trinajstić information content (AvgIpc) is 3.22. The summed E-state index contributed by atoms with van der Waals surface area (Å²) in [5.74, 6) is -4.23. The second-order valence-electron chi connectivity index (χ2n) is 12.4. The van der Waals surface area contributed by atoms with Gasteiger partial charge in [0.05, 0.1) is 37.7 Å². The molecular weight excluding hydrogens is 710 g/mol. The molecule has 12 heteroatoms. The van der Waals surface area contributed by atoms with Gasteiger partial charge in [0.25, 0.3) is 0 Å². The number of rotatable bonds is 12. The highest BCUT2D eigenvalue weighted by Gasteiger charge is 2.31. The molecule has 0 saturated carbocycles. The lowest BCUT2D eigenvalue weighted by atomic mass is 10.00. The Morgan fingerprint density at radius 2 is 1.72 bits per heavy atom. The molecule has 1 amide bonds. The van der Waals surface area contributed by atoms with Gasteiger partial charge in [-0.1, -0.05) is 60.1 Å². The van der Waals surface area contributed by atoms with Crippen LogP contribution >= 0.6 is 11.8 Å². The Balaban J connectivity index is 1.44. The number of benzene rings is 4. The van der Waals surface area contributed by atoms with Crippen molar-refractivity contribution in [3.8, 4) is 11.1 Å². The van der Waals surface area contributed by atoms with Crippen LogP contribution in [-0.4, -0.2) is 59.5 Å². The molecule has 1 fully saturated rings. The first-order valence-corrected chi connectivity index (χ1v) is 17.4. The molecule has 4 aromatic carbocycles. The lowest BCUT2D eigenvalue weighted by molar-refractivity contribution is -0.137. The monoisotopic (exact) mass is 760 g/mol. The van der Waals surface area contributed by atoms with Crippen molar-refractivity contribution in [2.75, 3.05) is 33.2 Å². The van der Waals surface area contributed by atoms with Gasteiger partial charge in [-0.15, -0.1) is 11.8 Å². The smallest absolute Gasteiger partial charge is 0.383 e. The van der Waals surface area contributed by atoms with Crippen molar-refractivity contribution >= 4 is 28.6 Å². The third-order valence-corrected chi connectivity index (χ3v) is 9.88. The first-order chi connectivity index (χ1) is 29.7. The summed E-state index contributed by atoms with van der Waals surface area (Å²) < 4.78 is 167. The highest BCUT2D eigenvalue weighted by atomic mass is 32.2. The molecule has 0 aliphatic carbocycles. The van der Waals surface area contributed by atoms with Crippen LogP contribution in [0.5, 0.6) is 0 Å².